The summed E-state index contributed by atoms with van der Waals surface area (Å²) in [5.74, 6) is -3.10. The Morgan fingerprint density at radius 2 is 1.88 bits per heavy atom. The van der Waals surface area contributed by atoms with Crippen LogP contribution in [0.25, 0.3) is 0 Å². The van der Waals surface area contributed by atoms with E-state index >= 15 is 0 Å². The third-order valence-electron chi connectivity index (χ3n) is 3.88. The van der Waals surface area contributed by atoms with E-state index in [0.717, 1.165) is 0 Å². The first kappa shape index (κ1) is 17.6. The summed E-state index contributed by atoms with van der Waals surface area (Å²) in [6.07, 6.45) is 0.452. The van der Waals surface area contributed by atoms with Gasteiger partial charge in [0, 0.05) is 19.2 Å². The Labute approximate surface area is 140 Å². The van der Waals surface area contributed by atoms with Gasteiger partial charge in [0.15, 0.2) is 0 Å². The van der Waals surface area contributed by atoms with Crippen LogP contribution in [0, 0.1) is 0 Å². The summed E-state index contributed by atoms with van der Waals surface area (Å²) in [6, 6.07) is -1.23. The molecule has 0 fully saturated rings. The minimum absolute atomic E-state index is 0.0444. The van der Waals surface area contributed by atoms with Crippen molar-refractivity contribution in [1.82, 2.24) is 10.2 Å². The number of benzene rings is 1. The monoisotopic (exact) mass is 325 g/mol. The van der Waals surface area contributed by atoms with Gasteiger partial charge in [0.25, 0.3) is 11.8 Å². The third kappa shape index (κ3) is 2.43. The highest BCUT2D eigenvalue weighted by atomic mass is 16.3. The molecule has 1 aromatic rings. The van der Waals surface area contributed by atoms with Crippen LogP contribution in [-0.2, 0) is 9.59 Å². The molecule has 0 spiro atoms. The maximum absolute atomic E-state index is 12.6. The zero-order valence-electron chi connectivity index (χ0n) is 12.8. The lowest BCUT2D eigenvalue weighted by atomic mass is 9.76. The van der Waals surface area contributed by atoms with Gasteiger partial charge < -0.3 is 21.0 Å². The van der Waals surface area contributed by atoms with E-state index in [1.54, 1.807) is 0 Å². The van der Waals surface area contributed by atoms with Crippen molar-refractivity contribution in [2.24, 2.45) is 0 Å². The minimum Gasteiger partial charge on any atom is -0.508 e. The summed E-state index contributed by atoms with van der Waals surface area (Å²) in [6.45, 7) is 0. The Hall–Kier alpha value is -2.77. The molecule has 0 saturated carbocycles. The summed E-state index contributed by atoms with van der Waals surface area (Å²) in [5.41, 5.74) is 4.27. The molecule has 1 aliphatic rings. The van der Waals surface area contributed by atoms with E-state index in [0.29, 0.717) is 11.2 Å². The van der Waals surface area contributed by atoms with Crippen molar-refractivity contribution in [2.75, 3.05) is 12.8 Å². The number of phenols is 1. The van der Waals surface area contributed by atoms with Crippen LogP contribution in [0.1, 0.15) is 33.6 Å². The van der Waals surface area contributed by atoms with Crippen molar-refractivity contribution in [3.63, 3.8) is 0 Å². The van der Waals surface area contributed by atoms with Crippen LogP contribution >= 0.6 is 0 Å². The van der Waals surface area contributed by atoms with Crippen LogP contribution in [0.4, 0.5) is 5.69 Å². The second-order valence-corrected chi connectivity index (χ2v) is 5.19. The Morgan fingerprint density at radius 1 is 1.29 bits per heavy atom. The molecule has 1 aromatic carbocycles. The number of aromatic hydroxyl groups is 1. The molecule has 120 valence electrons. The van der Waals surface area contributed by atoms with Crippen LogP contribution in [0.5, 0.6) is 5.75 Å². The number of nitrogens with one attached hydrogen (secondary N) is 1. The first-order valence-corrected chi connectivity index (χ1v) is 7.00. The van der Waals surface area contributed by atoms with Crippen molar-refractivity contribution in [1.29, 1.82) is 0 Å². The lowest BCUT2D eigenvalue weighted by Crippen LogP contribution is -2.48. The van der Waals surface area contributed by atoms with Gasteiger partial charge in [-0.25, -0.2) is 0 Å². The number of nitrogens with zero attached hydrogens (tertiary/aromatic N) is 1. The van der Waals surface area contributed by atoms with Gasteiger partial charge in [0.05, 0.1) is 11.1 Å². The highest BCUT2D eigenvalue weighted by Crippen LogP contribution is 2.33. The first-order valence-electron chi connectivity index (χ1n) is 7.00. The lowest BCUT2D eigenvalue weighted by Gasteiger charge is -2.24. The molecule has 0 saturated heterocycles. The molecule has 1 atom stereocenters. The number of carbonyl (C=O) groups excluding carboxylic acids is 4. The number of phenolic OH excluding ortho intramolecular Hbond substituents is 1. The van der Waals surface area contributed by atoms with E-state index in [4.69, 9.17) is 21.4 Å². The topological polar surface area (TPSA) is 130 Å². The molecule has 1 heterocycles. The molecule has 24 heavy (non-hydrogen) atoms. The molecule has 10 heteroatoms. The number of fused-ring (bicyclic) bond motifs is 1. The first-order chi connectivity index (χ1) is 11.3. The zero-order chi connectivity index (χ0) is 18.2. The molecule has 3 amide bonds. The molecule has 8 nitrogen and oxygen atoms in total. The highest BCUT2D eigenvalue weighted by Gasteiger charge is 2.45. The lowest BCUT2D eigenvalue weighted by molar-refractivity contribution is -0.124. The SMILES string of the molecule is [B]c1c([B])c(O)c2c(c1N)C(=O)N(C(CCC=O)C(=O)NC)C2=O. The number of hydrogen-bond donors (Lipinski definition) is 3. The van der Waals surface area contributed by atoms with Gasteiger partial charge in [-0.05, 0) is 6.42 Å². The fourth-order valence-electron chi connectivity index (χ4n) is 2.61. The third-order valence-corrected chi connectivity index (χ3v) is 3.88. The number of nitrogens with two attached hydrogens (primary N) is 1. The molecule has 4 N–H and O–H groups in total. The Balaban J connectivity index is 2.60. The van der Waals surface area contributed by atoms with Crippen molar-refractivity contribution in [2.45, 2.75) is 18.9 Å². The number of likely N-dealkylation sites (N-methyl/N-ethyl adjacent to an activating group) is 1. The number of carbonyl (C=O) groups is 4. The summed E-state index contributed by atoms with van der Waals surface area (Å²) >= 11 is 0. The predicted octanol–water partition coefficient (Wildman–Crippen LogP) is -2.75. The van der Waals surface area contributed by atoms with E-state index in [1.165, 1.54) is 7.05 Å². The summed E-state index contributed by atoms with van der Waals surface area (Å²) in [7, 11) is 12.6. The summed E-state index contributed by atoms with van der Waals surface area (Å²) in [4.78, 5) is 48.5. The molecule has 1 aliphatic heterocycles. The van der Waals surface area contributed by atoms with Gasteiger partial charge >= 0.3 is 0 Å². The molecule has 1 unspecified atom stereocenters. The van der Waals surface area contributed by atoms with E-state index in [-0.39, 0.29) is 35.0 Å². The molecular weight excluding hydrogens is 312 g/mol. The van der Waals surface area contributed by atoms with Crippen LogP contribution in [0.2, 0.25) is 0 Å². The highest BCUT2D eigenvalue weighted by molar-refractivity contribution is 6.53. The average molecular weight is 325 g/mol. The number of rotatable bonds is 5. The Bertz CT molecular complexity index is 719. The quantitative estimate of drug-likeness (QED) is 0.177. The van der Waals surface area contributed by atoms with Crippen LogP contribution in [0.3, 0.4) is 0 Å². The van der Waals surface area contributed by atoms with Crippen LogP contribution < -0.4 is 22.0 Å². The molecule has 2 rings (SSSR count). The summed E-state index contributed by atoms with van der Waals surface area (Å²) in [5, 5.41) is 12.4. The number of hydrogen-bond acceptors (Lipinski definition) is 6. The molecule has 0 aromatic heterocycles. The van der Waals surface area contributed by atoms with Gasteiger partial charge in [-0.3, -0.25) is 19.3 Å². The second kappa shape index (κ2) is 6.38. The van der Waals surface area contributed by atoms with Gasteiger partial charge in [-0.2, -0.15) is 0 Å². The van der Waals surface area contributed by atoms with Gasteiger partial charge in [-0.15, -0.1) is 0 Å². The smallest absolute Gasteiger partial charge is 0.266 e. The predicted molar refractivity (Wildman–Crippen MR) is 86.9 cm³/mol. The number of aldehydes is 1. The van der Waals surface area contributed by atoms with Gasteiger partial charge in [-0.1, -0.05) is 10.9 Å². The Kier molecular flexibility index (Phi) is 4.68. The molecular formula is C14H13B2N3O5. The molecule has 0 aliphatic carbocycles. The molecule has 4 radical (unpaired) electrons. The zero-order valence-corrected chi connectivity index (χ0v) is 12.8. The van der Waals surface area contributed by atoms with Crippen LogP contribution in [-0.4, -0.2) is 62.8 Å². The number of imide groups is 1. The van der Waals surface area contributed by atoms with E-state index in [1.807, 2.05) is 0 Å². The van der Waals surface area contributed by atoms with Gasteiger partial charge in [0.2, 0.25) is 5.91 Å². The maximum atomic E-state index is 12.6. The van der Waals surface area contributed by atoms with Crippen molar-refractivity contribution in [3.8, 4) is 5.75 Å². The number of anilines is 1. The van der Waals surface area contributed by atoms with Crippen LogP contribution in [0.15, 0.2) is 0 Å². The van der Waals surface area contributed by atoms with Crippen molar-refractivity contribution in [3.05, 3.63) is 11.1 Å². The maximum Gasteiger partial charge on any atom is 0.266 e. The Morgan fingerprint density at radius 3 is 2.42 bits per heavy atom. The van der Waals surface area contributed by atoms with Crippen molar-refractivity contribution < 1.29 is 24.3 Å². The normalized spacial score (nSPS) is 14.5. The van der Waals surface area contributed by atoms with E-state index in [9.17, 15) is 24.3 Å². The minimum atomic E-state index is -1.23. The van der Waals surface area contributed by atoms with Crippen molar-refractivity contribution >= 4 is 56.3 Å². The number of amides is 3. The van der Waals surface area contributed by atoms with E-state index < -0.39 is 35.1 Å². The summed E-state index contributed by atoms with van der Waals surface area (Å²) < 4.78 is 0. The van der Waals surface area contributed by atoms with Gasteiger partial charge in [0.1, 0.15) is 33.8 Å². The van der Waals surface area contributed by atoms with E-state index in [2.05, 4.69) is 5.32 Å². The fourth-order valence-corrected chi connectivity index (χ4v) is 2.61. The molecule has 0 bridgehead atoms. The second-order valence-electron chi connectivity index (χ2n) is 5.19. The fraction of sp³-hybridized carbons (Fsp3) is 0.286. The average Bonchev–Trinajstić information content (AvgIpc) is 2.82. The largest absolute Gasteiger partial charge is 0.508 e. The number of nitrogen functional groups attached to an aromatic ring is 1. The standard InChI is InChI=1S/C14H13B2N3O5/c1-18-12(22)5(3-2-4-20)19-13(23)6-7(14(19)24)11(21)9(16)8(15)10(6)17/h4-5,21H,2-3,17H2,1H3,(H,18,22).